The molecule has 9 heteroatoms. The molecule has 3 amide bonds. The molecule has 5 rings (SSSR count). The second-order valence-electron chi connectivity index (χ2n) is 11.2. The lowest BCUT2D eigenvalue weighted by Gasteiger charge is -2.38. The van der Waals surface area contributed by atoms with Gasteiger partial charge in [0.15, 0.2) is 0 Å². The Bertz CT molecular complexity index is 1370. The van der Waals surface area contributed by atoms with Crippen LogP contribution in [0, 0.1) is 11.8 Å². The highest BCUT2D eigenvalue weighted by atomic mass is 32.1. The lowest BCUT2D eigenvalue weighted by atomic mass is 9.87. The number of nitrogens with zero attached hydrogens (tertiary/aromatic N) is 3. The summed E-state index contributed by atoms with van der Waals surface area (Å²) in [6.45, 7) is 5.69. The number of nitrogens with one attached hydrogen (secondary N) is 1. The number of amides is 3. The van der Waals surface area contributed by atoms with Crippen LogP contribution >= 0.6 is 11.3 Å². The Labute approximate surface area is 246 Å². The summed E-state index contributed by atoms with van der Waals surface area (Å²) in [7, 11) is 1.52. The van der Waals surface area contributed by atoms with Crippen molar-refractivity contribution in [2.75, 3.05) is 33.4 Å². The molecule has 2 aliphatic heterocycles. The van der Waals surface area contributed by atoms with Crippen LogP contribution < -0.4 is 5.32 Å². The SMILES string of the molecule is CC[C@@H](C)C(=O)N[C@H](C(=O)N1CCC[C@H]1c1nc2c(-c3ccccc3)cccc2s1)C1CCN(C(=O)COC)CC1. The van der Waals surface area contributed by atoms with Gasteiger partial charge in [0, 0.05) is 38.2 Å². The number of carbonyl (C=O) groups excluding carboxylic acids is 3. The fourth-order valence-corrected chi connectivity index (χ4v) is 7.13. The Hall–Kier alpha value is -3.30. The minimum atomic E-state index is -0.619. The third-order valence-corrected chi connectivity index (χ3v) is 9.72. The van der Waals surface area contributed by atoms with Gasteiger partial charge in [0.1, 0.15) is 17.7 Å². The van der Waals surface area contributed by atoms with E-state index in [1.54, 1.807) is 16.2 Å². The van der Waals surface area contributed by atoms with Gasteiger partial charge in [0.05, 0.1) is 16.3 Å². The number of likely N-dealkylation sites (tertiary alicyclic amines) is 2. The van der Waals surface area contributed by atoms with E-state index in [0.717, 1.165) is 39.2 Å². The topological polar surface area (TPSA) is 91.8 Å². The van der Waals surface area contributed by atoms with Gasteiger partial charge in [0.2, 0.25) is 17.7 Å². The zero-order chi connectivity index (χ0) is 28.9. The van der Waals surface area contributed by atoms with Crippen LogP contribution in [0.4, 0.5) is 0 Å². The van der Waals surface area contributed by atoms with Crippen molar-refractivity contribution in [3.8, 4) is 11.1 Å². The highest BCUT2D eigenvalue weighted by Gasteiger charge is 2.41. The minimum Gasteiger partial charge on any atom is -0.375 e. The summed E-state index contributed by atoms with van der Waals surface area (Å²) in [5.74, 6) is -0.379. The number of hydrogen-bond acceptors (Lipinski definition) is 6. The first-order valence-corrected chi connectivity index (χ1v) is 15.5. The number of aromatic nitrogens is 1. The first-order valence-electron chi connectivity index (χ1n) is 14.7. The molecule has 2 fully saturated rings. The highest BCUT2D eigenvalue weighted by Crippen LogP contribution is 2.40. The normalized spacial score (nSPS) is 19.3. The van der Waals surface area contributed by atoms with Crippen molar-refractivity contribution in [3.05, 3.63) is 53.5 Å². The number of methoxy groups -OCH3 is 1. The smallest absolute Gasteiger partial charge is 0.248 e. The number of ether oxygens (including phenoxy) is 1. The molecular formula is C32H40N4O4S. The number of carbonyl (C=O) groups is 3. The second-order valence-corrected chi connectivity index (χ2v) is 12.3. The van der Waals surface area contributed by atoms with Crippen LogP contribution in [0.5, 0.6) is 0 Å². The number of thiazole rings is 1. The summed E-state index contributed by atoms with van der Waals surface area (Å²) in [5, 5.41) is 4.08. The van der Waals surface area contributed by atoms with E-state index in [4.69, 9.17) is 9.72 Å². The average Bonchev–Trinajstić information content (AvgIpc) is 3.67. The average molecular weight is 577 g/mol. The van der Waals surface area contributed by atoms with Gasteiger partial charge >= 0.3 is 0 Å². The highest BCUT2D eigenvalue weighted by molar-refractivity contribution is 7.18. The van der Waals surface area contributed by atoms with E-state index in [-0.39, 0.29) is 42.2 Å². The molecule has 0 saturated carbocycles. The standard InChI is InChI=1S/C32H40N4O4S/c1-4-21(2)30(38)33-28(23-15-18-35(19-16-23)27(37)20-40-3)32(39)36-17-9-13-25(36)31-34-29-24(12-8-14-26(29)41-31)22-10-6-5-7-11-22/h5-8,10-12,14,21,23,25,28H,4,9,13,15-20H2,1-3H3,(H,33,38)/t21-,25+,28+/m1/s1. The third-order valence-electron chi connectivity index (χ3n) is 8.60. The lowest BCUT2D eigenvalue weighted by Crippen LogP contribution is -2.55. The van der Waals surface area contributed by atoms with Crippen LogP contribution in [0.1, 0.15) is 57.0 Å². The molecule has 2 aliphatic rings. The molecule has 3 atom stereocenters. The maximum atomic E-state index is 14.3. The van der Waals surface area contributed by atoms with Crippen molar-refractivity contribution >= 4 is 39.3 Å². The van der Waals surface area contributed by atoms with E-state index in [9.17, 15) is 14.4 Å². The van der Waals surface area contributed by atoms with Gasteiger partial charge in [-0.3, -0.25) is 14.4 Å². The molecule has 8 nitrogen and oxygen atoms in total. The molecule has 1 N–H and O–H groups in total. The van der Waals surface area contributed by atoms with E-state index < -0.39 is 6.04 Å². The third kappa shape index (κ3) is 6.31. The fourth-order valence-electron chi connectivity index (χ4n) is 5.98. The summed E-state index contributed by atoms with van der Waals surface area (Å²) in [4.78, 5) is 48.6. The molecular weight excluding hydrogens is 536 g/mol. The van der Waals surface area contributed by atoms with Gasteiger partial charge in [-0.05, 0) is 49.7 Å². The van der Waals surface area contributed by atoms with Crippen molar-refractivity contribution in [2.24, 2.45) is 11.8 Å². The van der Waals surface area contributed by atoms with Crippen molar-refractivity contribution < 1.29 is 19.1 Å². The Kier molecular flexibility index (Phi) is 9.35. The number of para-hydroxylation sites is 1. The summed E-state index contributed by atoms with van der Waals surface area (Å²) < 4.78 is 6.13. The second kappa shape index (κ2) is 13.1. The Balaban J connectivity index is 1.39. The van der Waals surface area contributed by atoms with Gasteiger partial charge < -0.3 is 19.9 Å². The predicted octanol–water partition coefficient (Wildman–Crippen LogP) is 5.04. The predicted molar refractivity (Wildman–Crippen MR) is 161 cm³/mol. The first kappa shape index (κ1) is 29.2. The van der Waals surface area contributed by atoms with Crippen LogP contribution in [0.25, 0.3) is 21.3 Å². The van der Waals surface area contributed by atoms with Crippen molar-refractivity contribution in [1.82, 2.24) is 20.1 Å². The molecule has 0 bridgehead atoms. The zero-order valence-electron chi connectivity index (χ0n) is 24.2. The summed E-state index contributed by atoms with van der Waals surface area (Å²) in [6.07, 6.45) is 3.77. The van der Waals surface area contributed by atoms with Crippen LogP contribution in [0.2, 0.25) is 0 Å². The van der Waals surface area contributed by atoms with Gasteiger partial charge in [-0.15, -0.1) is 11.3 Å². The Morgan fingerprint density at radius 3 is 2.51 bits per heavy atom. The minimum absolute atomic E-state index is 0.0339. The molecule has 2 aromatic carbocycles. The van der Waals surface area contributed by atoms with Gasteiger partial charge in [-0.25, -0.2) is 4.98 Å². The summed E-state index contributed by atoms with van der Waals surface area (Å²) in [6, 6.07) is 15.8. The van der Waals surface area contributed by atoms with Crippen molar-refractivity contribution in [2.45, 2.75) is 58.0 Å². The molecule has 218 valence electrons. The monoisotopic (exact) mass is 576 g/mol. The summed E-state index contributed by atoms with van der Waals surface area (Å²) >= 11 is 1.65. The lowest BCUT2D eigenvalue weighted by molar-refractivity contribution is -0.141. The van der Waals surface area contributed by atoms with Gasteiger partial charge in [-0.1, -0.05) is 56.3 Å². The quantitative estimate of drug-likeness (QED) is 0.385. The number of rotatable bonds is 9. The molecule has 41 heavy (non-hydrogen) atoms. The number of hydrogen-bond donors (Lipinski definition) is 1. The van der Waals surface area contributed by atoms with Crippen LogP contribution in [-0.2, 0) is 19.1 Å². The Morgan fingerprint density at radius 2 is 1.80 bits per heavy atom. The van der Waals surface area contributed by atoms with E-state index in [1.807, 2.05) is 36.9 Å². The maximum Gasteiger partial charge on any atom is 0.248 e. The molecule has 1 aromatic heterocycles. The van der Waals surface area contributed by atoms with Crippen molar-refractivity contribution in [1.29, 1.82) is 0 Å². The maximum absolute atomic E-state index is 14.3. The number of fused-ring (bicyclic) bond motifs is 1. The van der Waals surface area contributed by atoms with Crippen LogP contribution in [-0.4, -0.2) is 71.9 Å². The number of benzene rings is 2. The molecule has 2 saturated heterocycles. The largest absolute Gasteiger partial charge is 0.375 e. The molecule has 0 spiro atoms. The van der Waals surface area contributed by atoms with Gasteiger partial charge in [0.25, 0.3) is 0 Å². The van der Waals surface area contributed by atoms with E-state index in [0.29, 0.717) is 38.9 Å². The van der Waals surface area contributed by atoms with Gasteiger partial charge in [-0.2, -0.15) is 0 Å². The summed E-state index contributed by atoms with van der Waals surface area (Å²) in [5.41, 5.74) is 3.18. The van der Waals surface area contributed by atoms with E-state index >= 15 is 0 Å². The molecule has 0 radical (unpaired) electrons. The molecule has 0 aliphatic carbocycles. The molecule has 3 aromatic rings. The number of piperidine rings is 1. The fraction of sp³-hybridized carbons (Fsp3) is 0.500. The van der Waals surface area contributed by atoms with Crippen LogP contribution in [0.15, 0.2) is 48.5 Å². The Morgan fingerprint density at radius 1 is 1.05 bits per heavy atom. The molecule has 0 unspecified atom stereocenters. The zero-order valence-corrected chi connectivity index (χ0v) is 25.0. The van der Waals surface area contributed by atoms with E-state index in [1.165, 1.54) is 7.11 Å². The molecule has 3 heterocycles. The van der Waals surface area contributed by atoms with Crippen molar-refractivity contribution in [3.63, 3.8) is 0 Å². The van der Waals surface area contributed by atoms with Crippen LogP contribution in [0.3, 0.4) is 0 Å². The first-order chi connectivity index (χ1) is 19.9. The van der Waals surface area contributed by atoms with E-state index in [2.05, 4.69) is 35.6 Å².